The Morgan fingerprint density at radius 2 is 2.10 bits per heavy atom. The number of benzene rings is 1. The third kappa shape index (κ3) is 2.61. The highest BCUT2D eigenvalue weighted by Gasteiger charge is 2.30. The number of nitrogens with one attached hydrogen (secondary N) is 1. The standard InChI is InChI=1S/C16H23N5/c1-3-4-9-20-11-21(13-7-5-12(2)6-8-13)15(17)14-10-18-19-16(14)20/h5-8,10,15H,3-4,9,11,17H2,1-2H3,(H,18,19). The van der Waals surface area contributed by atoms with Crippen LogP contribution in [0.25, 0.3) is 0 Å². The molecule has 1 aromatic heterocycles. The van der Waals surface area contributed by atoms with Crippen molar-refractivity contribution < 1.29 is 0 Å². The number of aryl methyl sites for hydroxylation is 1. The molecule has 0 radical (unpaired) electrons. The van der Waals surface area contributed by atoms with Gasteiger partial charge in [0.1, 0.15) is 6.17 Å². The van der Waals surface area contributed by atoms with Crippen LogP contribution in [0.2, 0.25) is 0 Å². The molecule has 21 heavy (non-hydrogen) atoms. The molecule has 0 bridgehead atoms. The van der Waals surface area contributed by atoms with Gasteiger partial charge in [-0.05, 0) is 25.5 Å². The van der Waals surface area contributed by atoms with E-state index >= 15 is 0 Å². The van der Waals surface area contributed by atoms with Crippen LogP contribution in [0.3, 0.4) is 0 Å². The van der Waals surface area contributed by atoms with Gasteiger partial charge in [0, 0.05) is 18.4 Å². The number of anilines is 2. The average Bonchev–Trinajstić information content (AvgIpc) is 2.98. The van der Waals surface area contributed by atoms with Crippen LogP contribution in [-0.2, 0) is 0 Å². The lowest BCUT2D eigenvalue weighted by molar-refractivity contribution is 0.574. The summed E-state index contributed by atoms with van der Waals surface area (Å²) in [4.78, 5) is 4.53. The van der Waals surface area contributed by atoms with Crippen molar-refractivity contribution in [3.05, 3.63) is 41.6 Å². The number of hydrogen-bond donors (Lipinski definition) is 2. The van der Waals surface area contributed by atoms with Gasteiger partial charge in [0.2, 0.25) is 0 Å². The minimum absolute atomic E-state index is 0.153. The van der Waals surface area contributed by atoms with Crippen LogP contribution in [0.4, 0.5) is 11.5 Å². The first-order valence-corrected chi connectivity index (χ1v) is 7.58. The molecule has 0 saturated carbocycles. The van der Waals surface area contributed by atoms with E-state index in [2.05, 4.69) is 58.1 Å². The first-order valence-electron chi connectivity index (χ1n) is 7.58. The second kappa shape index (κ2) is 5.77. The third-order valence-corrected chi connectivity index (χ3v) is 4.07. The largest absolute Gasteiger partial charge is 0.337 e. The van der Waals surface area contributed by atoms with Gasteiger partial charge in [0.25, 0.3) is 0 Å². The molecule has 2 aromatic rings. The van der Waals surface area contributed by atoms with Gasteiger partial charge in [0.05, 0.1) is 12.2 Å². The summed E-state index contributed by atoms with van der Waals surface area (Å²) in [6.07, 6.45) is 4.09. The van der Waals surface area contributed by atoms with E-state index in [0.29, 0.717) is 0 Å². The van der Waals surface area contributed by atoms with E-state index < -0.39 is 0 Å². The molecule has 5 nitrogen and oxygen atoms in total. The number of nitrogens with two attached hydrogens (primary N) is 1. The predicted molar refractivity (Wildman–Crippen MR) is 86.3 cm³/mol. The molecular formula is C16H23N5. The number of fused-ring (bicyclic) bond motifs is 1. The lowest BCUT2D eigenvalue weighted by Crippen LogP contribution is -2.48. The quantitative estimate of drug-likeness (QED) is 0.907. The van der Waals surface area contributed by atoms with Gasteiger partial charge in [0.15, 0.2) is 5.82 Å². The molecule has 1 aromatic carbocycles. The molecule has 112 valence electrons. The van der Waals surface area contributed by atoms with Crippen LogP contribution in [0.5, 0.6) is 0 Å². The monoisotopic (exact) mass is 285 g/mol. The molecule has 1 aliphatic heterocycles. The normalized spacial score (nSPS) is 18.0. The van der Waals surface area contributed by atoms with Crippen molar-refractivity contribution in [2.45, 2.75) is 32.9 Å². The van der Waals surface area contributed by atoms with Crippen LogP contribution >= 0.6 is 0 Å². The summed E-state index contributed by atoms with van der Waals surface area (Å²) < 4.78 is 0. The number of rotatable bonds is 4. The van der Waals surface area contributed by atoms with E-state index in [1.165, 1.54) is 12.0 Å². The molecule has 1 unspecified atom stereocenters. The summed E-state index contributed by atoms with van der Waals surface area (Å²) in [5.41, 5.74) is 9.92. The Labute approximate surface area is 125 Å². The van der Waals surface area contributed by atoms with Gasteiger partial charge in [-0.2, -0.15) is 5.10 Å². The zero-order chi connectivity index (χ0) is 14.8. The van der Waals surface area contributed by atoms with Gasteiger partial charge in [-0.25, -0.2) is 0 Å². The van der Waals surface area contributed by atoms with E-state index in [9.17, 15) is 0 Å². The maximum absolute atomic E-state index is 6.44. The Hall–Kier alpha value is -2.01. The van der Waals surface area contributed by atoms with Gasteiger partial charge < -0.3 is 15.5 Å². The van der Waals surface area contributed by atoms with E-state index in [4.69, 9.17) is 5.73 Å². The van der Waals surface area contributed by atoms with Crippen LogP contribution in [-0.4, -0.2) is 23.4 Å². The van der Waals surface area contributed by atoms with Crippen LogP contribution in [0.15, 0.2) is 30.5 Å². The van der Waals surface area contributed by atoms with E-state index in [1.54, 1.807) is 0 Å². The van der Waals surface area contributed by atoms with Crippen molar-refractivity contribution in [1.82, 2.24) is 10.2 Å². The second-order valence-electron chi connectivity index (χ2n) is 5.67. The SMILES string of the molecule is CCCCN1CN(c2ccc(C)cc2)C(N)c2c[nH]nc21. The number of nitrogens with zero attached hydrogens (tertiary/aromatic N) is 3. The maximum atomic E-state index is 6.44. The molecule has 3 N–H and O–H groups in total. The highest BCUT2D eigenvalue weighted by atomic mass is 15.4. The van der Waals surface area contributed by atoms with Crippen molar-refractivity contribution in [3.63, 3.8) is 0 Å². The average molecular weight is 285 g/mol. The van der Waals surface area contributed by atoms with Gasteiger partial charge in [-0.3, -0.25) is 5.10 Å². The summed E-state index contributed by atoms with van der Waals surface area (Å²) >= 11 is 0. The first-order chi connectivity index (χ1) is 10.2. The summed E-state index contributed by atoms with van der Waals surface area (Å²) in [6, 6.07) is 8.53. The molecule has 0 aliphatic carbocycles. The zero-order valence-corrected chi connectivity index (χ0v) is 12.7. The fourth-order valence-corrected chi connectivity index (χ4v) is 2.77. The van der Waals surface area contributed by atoms with Gasteiger partial charge >= 0.3 is 0 Å². The molecule has 1 aliphatic rings. The first kappa shape index (κ1) is 13.9. The van der Waals surface area contributed by atoms with E-state index in [1.807, 2.05) is 6.20 Å². The minimum Gasteiger partial charge on any atom is -0.337 e. The predicted octanol–water partition coefficient (Wildman–Crippen LogP) is 2.76. The second-order valence-corrected chi connectivity index (χ2v) is 5.67. The summed E-state index contributed by atoms with van der Waals surface area (Å²) in [7, 11) is 0. The van der Waals surface area contributed by atoms with Crippen molar-refractivity contribution in [2.75, 3.05) is 23.0 Å². The zero-order valence-electron chi connectivity index (χ0n) is 12.7. The van der Waals surface area contributed by atoms with E-state index in [0.717, 1.165) is 36.7 Å². The number of hydrogen-bond acceptors (Lipinski definition) is 4. The minimum atomic E-state index is -0.153. The van der Waals surface area contributed by atoms with Crippen LogP contribution < -0.4 is 15.5 Å². The van der Waals surface area contributed by atoms with Crippen molar-refractivity contribution >= 4 is 11.5 Å². The topological polar surface area (TPSA) is 61.2 Å². The summed E-state index contributed by atoms with van der Waals surface area (Å²) in [5.74, 6) is 0.999. The van der Waals surface area contributed by atoms with Crippen molar-refractivity contribution in [3.8, 4) is 0 Å². The Kier molecular flexibility index (Phi) is 3.84. The fraction of sp³-hybridized carbons (Fsp3) is 0.438. The molecule has 5 heteroatoms. The van der Waals surface area contributed by atoms with Crippen LogP contribution in [0, 0.1) is 6.92 Å². The Bertz CT molecular complexity index is 589. The molecule has 2 heterocycles. The summed E-state index contributed by atoms with van der Waals surface area (Å²) in [5, 5.41) is 7.34. The Balaban J connectivity index is 1.91. The Morgan fingerprint density at radius 1 is 1.33 bits per heavy atom. The molecule has 0 saturated heterocycles. The Morgan fingerprint density at radius 3 is 2.81 bits per heavy atom. The number of unbranched alkanes of at least 4 members (excludes halogenated alkanes) is 1. The number of aromatic amines is 1. The molecule has 0 spiro atoms. The summed E-state index contributed by atoms with van der Waals surface area (Å²) in [6.45, 7) is 6.09. The highest BCUT2D eigenvalue weighted by Crippen LogP contribution is 2.34. The smallest absolute Gasteiger partial charge is 0.158 e. The molecular weight excluding hydrogens is 262 g/mol. The fourth-order valence-electron chi connectivity index (χ4n) is 2.77. The highest BCUT2D eigenvalue weighted by molar-refractivity contribution is 5.59. The van der Waals surface area contributed by atoms with Crippen molar-refractivity contribution in [1.29, 1.82) is 0 Å². The number of H-pyrrole nitrogens is 1. The number of aromatic nitrogens is 2. The third-order valence-electron chi connectivity index (χ3n) is 4.07. The maximum Gasteiger partial charge on any atom is 0.158 e. The van der Waals surface area contributed by atoms with E-state index in [-0.39, 0.29) is 6.17 Å². The van der Waals surface area contributed by atoms with Crippen molar-refractivity contribution in [2.24, 2.45) is 5.73 Å². The lowest BCUT2D eigenvalue weighted by atomic mass is 10.1. The lowest BCUT2D eigenvalue weighted by Gasteiger charge is -2.41. The van der Waals surface area contributed by atoms with Crippen LogP contribution in [0.1, 0.15) is 37.1 Å². The molecule has 1 atom stereocenters. The molecule has 3 rings (SSSR count). The molecule has 0 fully saturated rings. The molecule has 0 amide bonds. The van der Waals surface area contributed by atoms with Gasteiger partial charge in [-0.15, -0.1) is 0 Å². The van der Waals surface area contributed by atoms with Gasteiger partial charge in [-0.1, -0.05) is 31.0 Å².